The Balaban J connectivity index is 0. The molecule has 0 saturated carbocycles. The molecule has 0 fully saturated rings. The van der Waals surface area contributed by atoms with Crippen LogP contribution in [0.2, 0.25) is 0 Å². The van der Waals surface area contributed by atoms with E-state index < -0.39 is 0 Å². The van der Waals surface area contributed by atoms with E-state index in [1.54, 1.807) is 0 Å². The molecular weight excluding hydrogens is 925 g/mol. The fourth-order valence-corrected chi connectivity index (χ4v) is 6.37. The molecule has 0 N–H and O–H groups in total. The zero-order valence-corrected chi connectivity index (χ0v) is 49.8. The highest BCUT2D eigenvalue weighted by Gasteiger charge is 2.23. The molecule has 0 aliphatic rings. The van der Waals surface area contributed by atoms with Gasteiger partial charge < -0.3 is 14.2 Å². The lowest BCUT2D eigenvalue weighted by atomic mass is 9.78. The second-order valence-electron chi connectivity index (χ2n) is 15.0. The molecule has 0 aliphatic carbocycles. The Morgan fingerprint density at radius 3 is 0.618 bits per heavy atom. The number of para-hydroxylation sites is 4. The zero-order valence-electron chi connectivity index (χ0n) is 49.8. The molecule has 0 amide bonds. The van der Waals surface area contributed by atoms with Gasteiger partial charge in [0.2, 0.25) is 0 Å². The lowest BCUT2D eigenvalue weighted by Crippen LogP contribution is -2.18. The summed E-state index contributed by atoms with van der Waals surface area (Å²) < 4.78 is 17.4. The van der Waals surface area contributed by atoms with Gasteiger partial charge in [-0.05, 0) is 108 Å². The minimum atomic E-state index is -0.128. The summed E-state index contributed by atoms with van der Waals surface area (Å²) in [7, 11) is 0. The van der Waals surface area contributed by atoms with E-state index in [1.807, 2.05) is 261 Å². The molecule has 0 unspecified atom stereocenters. The third-order valence-electron chi connectivity index (χ3n) is 9.87. The number of rotatable bonds is 10. The Hall–Kier alpha value is -7.62. The Kier molecular flexibility index (Phi) is 44.8. The van der Waals surface area contributed by atoms with Gasteiger partial charge in [0.1, 0.15) is 34.5 Å². The summed E-state index contributed by atoms with van der Waals surface area (Å²) in [5.41, 5.74) is 6.39. The van der Waals surface area contributed by atoms with E-state index in [4.69, 9.17) is 14.2 Å². The fourth-order valence-electron chi connectivity index (χ4n) is 6.37. The Labute approximate surface area is 464 Å². The van der Waals surface area contributed by atoms with Crippen molar-refractivity contribution in [1.29, 1.82) is 0 Å². The van der Waals surface area contributed by atoms with Gasteiger partial charge in [0, 0.05) is 5.41 Å². The van der Waals surface area contributed by atoms with Crippen LogP contribution in [0.4, 0.5) is 0 Å². The van der Waals surface area contributed by atoms with Gasteiger partial charge in [-0.2, -0.15) is 0 Å². The number of hydrogen-bond acceptors (Lipinski definition) is 3. The van der Waals surface area contributed by atoms with E-state index in [0.717, 1.165) is 40.9 Å². The van der Waals surface area contributed by atoms with Crippen molar-refractivity contribution < 1.29 is 14.2 Å². The van der Waals surface area contributed by atoms with E-state index in [2.05, 4.69) is 118 Å². The molecule has 9 aromatic carbocycles. The van der Waals surface area contributed by atoms with Gasteiger partial charge in [0.15, 0.2) is 0 Å². The van der Waals surface area contributed by atoms with E-state index in [1.165, 1.54) is 27.8 Å². The molecule has 3 nitrogen and oxygen atoms in total. The highest BCUT2D eigenvalue weighted by molar-refractivity contribution is 5.43. The standard InChI is InChI=1S/C27H24O2.C13H12.C12H10O.C7H8.7C2H6/c1-27(2,21-13-17-25(18-14-21)28-23-9-5-3-6-10-23)22-15-19-26(20-16-22)29-24-11-7-4-8-12-24;1-3-7-12(8-4-1)11-13-9-5-2-6-10-13;1-3-7-11(8-4-1)13-12-9-5-2-6-10-12;1-7-5-3-2-4-6-7;7*1-2/h3-20H,1-2H3;1-10H,11H2;1-10H;2-6H,1H3;7*1-2H3. The summed E-state index contributed by atoms with van der Waals surface area (Å²) in [4.78, 5) is 0. The molecule has 0 aliphatic heterocycles. The Bertz CT molecular complexity index is 2290. The molecule has 0 aromatic heterocycles. The molecule has 406 valence electrons. The molecule has 0 bridgehead atoms. The summed E-state index contributed by atoms with van der Waals surface area (Å²) in [6.45, 7) is 34.5. The van der Waals surface area contributed by atoms with Crippen LogP contribution in [0.1, 0.15) is 139 Å². The first-order chi connectivity index (χ1) is 37.4. The summed E-state index contributed by atoms with van der Waals surface area (Å²) in [6, 6.07) is 87.1. The van der Waals surface area contributed by atoms with E-state index >= 15 is 0 Å². The van der Waals surface area contributed by atoms with Gasteiger partial charge in [0.25, 0.3) is 0 Å². The monoisotopic (exact) mass is 1020 g/mol. The summed E-state index contributed by atoms with van der Waals surface area (Å²) in [6.07, 6.45) is 1.03. The van der Waals surface area contributed by atoms with Crippen LogP contribution in [0.15, 0.2) is 261 Å². The van der Waals surface area contributed by atoms with Crippen molar-refractivity contribution in [3.63, 3.8) is 0 Å². The van der Waals surface area contributed by atoms with Gasteiger partial charge in [-0.1, -0.05) is 304 Å². The quantitative estimate of drug-likeness (QED) is 0.137. The fraction of sp³-hybridized carbons (Fsp3) is 0.260. The summed E-state index contributed by atoms with van der Waals surface area (Å²) in [5, 5.41) is 0. The van der Waals surface area contributed by atoms with Crippen LogP contribution >= 0.6 is 0 Å². The van der Waals surface area contributed by atoms with Crippen molar-refractivity contribution in [3.05, 3.63) is 289 Å². The molecule has 0 spiro atoms. The molecule has 3 heteroatoms. The molecule has 76 heavy (non-hydrogen) atoms. The first-order valence-corrected chi connectivity index (χ1v) is 27.9. The van der Waals surface area contributed by atoms with Crippen LogP contribution in [0.5, 0.6) is 34.5 Å². The average molecular weight is 1020 g/mol. The number of benzene rings is 9. The normalized spacial score (nSPS) is 8.91. The van der Waals surface area contributed by atoms with Crippen molar-refractivity contribution in [2.75, 3.05) is 0 Å². The second kappa shape index (κ2) is 48.3. The molecule has 9 rings (SSSR count). The minimum Gasteiger partial charge on any atom is -0.457 e. The molecule has 0 heterocycles. The summed E-state index contributed by atoms with van der Waals surface area (Å²) >= 11 is 0. The molecular formula is C73H96O3. The highest BCUT2D eigenvalue weighted by Crippen LogP contribution is 2.34. The lowest BCUT2D eigenvalue weighted by molar-refractivity contribution is 0.481. The van der Waals surface area contributed by atoms with E-state index in [9.17, 15) is 0 Å². The van der Waals surface area contributed by atoms with Gasteiger partial charge >= 0.3 is 0 Å². The van der Waals surface area contributed by atoms with Crippen LogP contribution in [0.3, 0.4) is 0 Å². The predicted octanol–water partition coefficient (Wildman–Crippen LogP) is 23.5. The first kappa shape index (κ1) is 70.5. The number of ether oxygens (including phenoxy) is 3. The Morgan fingerprint density at radius 2 is 0.421 bits per heavy atom. The van der Waals surface area contributed by atoms with Crippen LogP contribution in [0, 0.1) is 6.92 Å². The Morgan fingerprint density at radius 1 is 0.237 bits per heavy atom. The van der Waals surface area contributed by atoms with Crippen LogP contribution in [-0.4, -0.2) is 0 Å². The van der Waals surface area contributed by atoms with Crippen molar-refractivity contribution >= 4 is 0 Å². The number of aryl methyl sites for hydroxylation is 1. The van der Waals surface area contributed by atoms with Gasteiger partial charge in [-0.15, -0.1) is 0 Å². The molecule has 0 radical (unpaired) electrons. The van der Waals surface area contributed by atoms with Crippen LogP contribution < -0.4 is 14.2 Å². The number of hydrogen-bond donors (Lipinski definition) is 0. The van der Waals surface area contributed by atoms with Gasteiger partial charge in [-0.25, -0.2) is 0 Å². The third-order valence-corrected chi connectivity index (χ3v) is 9.87. The zero-order chi connectivity index (χ0) is 57.1. The third kappa shape index (κ3) is 30.5. The SMILES string of the molecule is CC.CC.CC.CC.CC.CC.CC.CC(C)(c1ccc(Oc2ccccc2)cc1)c1ccc(Oc2ccccc2)cc1.Cc1ccccc1.c1ccc(Cc2ccccc2)cc1.c1ccc(Oc2ccccc2)cc1. The van der Waals surface area contributed by atoms with Crippen molar-refractivity contribution in [3.8, 4) is 34.5 Å². The van der Waals surface area contributed by atoms with Crippen LogP contribution in [0.25, 0.3) is 0 Å². The van der Waals surface area contributed by atoms with Gasteiger partial charge in [0.05, 0.1) is 0 Å². The first-order valence-electron chi connectivity index (χ1n) is 27.9. The maximum atomic E-state index is 5.91. The second-order valence-corrected chi connectivity index (χ2v) is 15.0. The van der Waals surface area contributed by atoms with Crippen molar-refractivity contribution in [2.24, 2.45) is 0 Å². The highest BCUT2D eigenvalue weighted by atomic mass is 16.5. The molecule has 9 aromatic rings. The summed E-state index contributed by atoms with van der Waals surface area (Å²) in [5.74, 6) is 5.09. The van der Waals surface area contributed by atoms with E-state index in [0.29, 0.717) is 0 Å². The minimum absolute atomic E-state index is 0.128. The maximum absolute atomic E-state index is 5.91. The lowest BCUT2D eigenvalue weighted by Gasteiger charge is -2.26. The van der Waals surface area contributed by atoms with Gasteiger partial charge in [-0.3, -0.25) is 0 Å². The largest absolute Gasteiger partial charge is 0.457 e. The van der Waals surface area contributed by atoms with Crippen molar-refractivity contribution in [1.82, 2.24) is 0 Å². The molecule has 0 atom stereocenters. The van der Waals surface area contributed by atoms with E-state index in [-0.39, 0.29) is 5.41 Å². The molecule has 0 saturated heterocycles. The topological polar surface area (TPSA) is 27.7 Å². The van der Waals surface area contributed by atoms with Crippen molar-refractivity contribution in [2.45, 2.75) is 130 Å². The maximum Gasteiger partial charge on any atom is 0.127 e. The van der Waals surface area contributed by atoms with Crippen LogP contribution in [-0.2, 0) is 11.8 Å². The predicted molar refractivity (Wildman–Crippen MR) is 337 cm³/mol. The average Bonchev–Trinajstić information content (AvgIpc) is 3.51. The smallest absolute Gasteiger partial charge is 0.127 e.